The zero-order valence-corrected chi connectivity index (χ0v) is 9.82. The lowest BCUT2D eigenvalue weighted by Crippen LogP contribution is -2.32. The van der Waals surface area contributed by atoms with Crippen LogP contribution < -0.4 is 0 Å². The van der Waals surface area contributed by atoms with E-state index in [2.05, 4.69) is 12.2 Å². The molecule has 2 rings (SSSR count). The summed E-state index contributed by atoms with van der Waals surface area (Å²) in [5.41, 5.74) is -0.303. The van der Waals surface area contributed by atoms with E-state index in [0.717, 1.165) is 19.3 Å². The van der Waals surface area contributed by atoms with Crippen LogP contribution in [-0.4, -0.2) is 11.6 Å². The fraction of sp³-hybridized carbons (Fsp3) is 0.769. The summed E-state index contributed by atoms with van der Waals surface area (Å²) in [6, 6.07) is 0. The number of hydrogen-bond donors (Lipinski definition) is 0. The number of carbonyl (C=O) groups is 1. The first-order valence-corrected chi connectivity index (χ1v) is 5.93. The minimum Gasteiger partial charge on any atom is -0.459 e. The van der Waals surface area contributed by atoms with Gasteiger partial charge in [0.15, 0.2) is 0 Å². The smallest absolute Gasteiger partial charge is 0.310 e. The van der Waals surface area contributed by atoms with Crippen molar-refractivity contribution in [3.63, 3.8) is 0 Å². The van der Waals surface area contributed by atoms with Crippen molar-refractivity contribution in [2.75, 3.05) is 0 Å². The quantitative estimate of drug-likeness (QED) is 0.526. The zero-order valence-electron chi connectivity index (χ0n) is 9.82. The van der Waals surface area contributed by atoms with Crippen LogP contribution in [0.15, 0.2) is 12.2 Å². The Morgan fingerprint density at radius 1 is 1.40 bits per heavy atom. The molecule has 0 aromatic heterocycles. The summed E-state index contributed by atoms with van der Waals surface area (Å²) in [5.74, 6) is 1.23. The molecule has 0 saturated heterocycles. The van der Waals surface area contributed by atoms with Crippen molar-refractivity contribution in [1.29, 1.82) is 0 Å². The highest BCUT2D eigenvalue weighted by molar-refractivity contribution is 5.74. The second-order valence-corrected chi connectivity index (χ2v) is 5.42. The second-order valence-electron chi connectivity index (χ2n) is 5.42. The molecular weight excluding hydrogens is 188 g/mol. The van der Waals surface area contributed by atoms with E-state index in [-0.39, 0.29) is 17.5 Å². The normalized spacial score (nSPS) is 33.4. The van der Waals surface area contributed by atoms with Crippen LogP contribution >= 0.6 is 0 Å². The summed E-state index contributed by atoms with van der Waals surface area (Å²) in [6.07, 6.45) is 7.47. The van der Waals surface area contributed by atoms with Crippen molar-refractivity contribution in [3.8, 4) is 0 Å². The molecule has 0 heterocycles. The van der Waals surface area contributed by atoms with Crippen LogP contribution in [0.3, 0.4) is 0 Å². The Kier molecular flexibility index (Phi) is 2.61. The lowest BCUT2D eigenvalue weighted by atomic mass is 9.93. The monoisotopic (exact) mass is 208 g/mol. The topological polar surface area (TPSA) is 26.3 Å². The predicted molar refractivity (Wildman–Crippen MR) is 59.3 cm³/mol. The third kappa shape index (κ3) is 2.09. The van der Waals surface area contributed by atoms with Gasteiger partial charge in [0.2, 0.25) is 0 Å². The summed E-state index contributed by atoms with van der Waals surface area (Å²) in [6.45, 7) is 6.01. The molecule has 1 fully saturated rings. The maximum Gasteiger partial charge on any atom is 0.310 e. The molecule has 0 N–H and O–H groups in total. The predicted octanol–water partition coefficient (Wildman–Crippen LogP) is 2.93. The lowest BCUT2D eigenvalue weighted by Gasteiger charge is -2.27. The molecule has 0 spiro atoms. The Morgan fingerprint density at radius 2 is 2.13 bits per heavy atom. The second kappa shape index (κ2) is 3.66. The molecule has 84 valence electrons. The molecule has 0 aromatic rings. The third-order valence-electron chi connectivity index (χ3n) is 3.81. The third-order valence-corrected chi connectivity index (χ3v) is 3.81. The number of carbonyl (C=O) groups excluding carboxylic acids is 1. The van der Waals surface area contributed by atoms with Gasteiger partial charge in [0.25, 0.3) is 0 Å². The first-order valence-electron chi connectivity index (χ1n) is 5.93. The molecule has 3 unspecified atom stereocenters. The van der Waals surface area contributed by atoms with E-state index in [1.165, 1.54) is 0 Å². The Hall–Kier alpha value is -0.790. The molecule has 2 bridgehead atoms. The van der Waals surface area contributed by atoms with E-state index in [4.69, 9.17) is 4.74 Å². The van der Waals surface area contributed by atoms with Crippen molar-refractivity contribution in [2.45, 2.75) is 45.6 Å². The molecule has 2 nitrogen and oxygen atoms in total. The standard InChI is InChI=1S/C13H20O2/c1-4-13(2,3)15-12(14)11-8-9-5-6-10(11)7-9/h5-6,9-11H,4,7-8H2,1-3H3. The number of allylic oxidation sites excluding steroid dienone is 2. The van der Waals surface area contributed by atoms with Crippen LogP contribution in [0.1, 0.15) is 40.0 Å². The first kappa shape index (κ1) is 10.7. The Balaban J connectivity index is 1.95. The van der Waals surface area contributed by atoms with Crippen LogP contribution in [0.4, 0.5) is 0 Å². The van der Waals surface area contributed by atoms with Gasteiger partial charge in [-0.1, -0.05) is 19.1 Å². The van der Waals surface area contributed by atoms with Gasteiger partial charge in [-0.05, 0) is 44.9 Å². The maximum absolute atomic E-state index is 12.0. The highest BCUT2D eigenvalue weighted by Gasteiger charge is 2.41. The van der Waals surface area contributed by atoms with Crippen LogP contribution in [-0.2, 0) is 9.53 Å². The van der Waals surface area contributed by atoms with Gasteiger partial charge in [0.1, 0.15) is 5.60 Å². The van der Waals surface area contributed by atoms with E-state index in [1.54, 1.807) is 0 Å². The van der Waals surface area contributed by atoms with Crippen molar-refractivity contribution >= 4 is 5.97 Å². The van der Waals surface area contributed by atoms with E-state index in [9.17, 15) is 4.79 Å². The van der Waals surface area contributed by atoms with Gasteiger partial charge in [0.05, 0.1) is 5.92 Å². The minimum absolute atomic E-state index is 0.0127. The molecule has 0 aliphatic heterocycles. The average molecular weight is 208 g/mol. The first-order chi connectivity index (χ1) is 7.02. The molecule has 1 saturated carbocycles. The fourth-order valence-electron chi connectivity index (χ4n) is 2.47. The summed E-state index contributed by atoms with van der Waals surface area (Å²) < 4.78 is 5.55. The minimum atomic E-state index is -0.303. The van der Waals surface area contributed by atoms with Crippen LogP contribution in [0, 0.1) is 17.8 Å². The molecule has 2 aliphatic carbocycles. The summed E-state index contributed by atoms with van der Waals surface area (Å²) in [5, 5.41) is 0. The van der Waals surface area contributed by atoms with Crippen molar-refractivity contribution in [2.24, 2.45) is 17.8 Å². The zero-order chi connectivity index (χ0) is 11.1. The summed E-state index contributed by atoms with van der Waals surface area (Å²) >= 11 is 0. The Bertz CT molecular complexity index is 291. The van der Waals surface area contributed by atoms with E-state index < -0.39 is 0 Å². The lowest BCUT2D eigenvalue weighted by molar-refractivity contribution is -0.162. The van der Waals surface area contributed by atoms with E-state index in [0.29, 0.717) is 11.8 Å². The van der Waals surface area contributed by atoms with Gasteiger partial charge in [-0.3, -0.25) is 4.79 Å². The summed E-state index contributed by atoms with van der Waals surface area (Å²) in [4.78, 5) is 12.0. The molecule has 0 aromatic carbocycles. The molecule has 3 atom stereocenters. The van der Waals surface area contributed by atoms with Gasteiger partial charge in [-0.25, -0.2) is 0 Å². The van der Waals surface area contributed by atoms with Crippen molar-refractivity contribution < 1.29 is 9.53 Å². The van der Waals surface area contributed by atoms with E-state index in [1.807, 2.05) is 20.8 Å². The Labute approximate surface area is 91.7 Å². The molecule has 15 heavy (non-hydrogen) atoms. The highest BCUT2D eigenvalue weighted by Crippen LogP contribution is 2.44. The van der Waals surface area contributed by atoms with Crippen molar-refractivity contribution in [1.82, 2.24) is 0 Å². The number of ether oxygens (including phenoxy) is 1. The van der Waals surface area contributed by atoms with Gasteiger partial charge in [-0.2, -0.15) is 0 Å². The molecular formula is C13H20O2. The largest absolute Gasteiger partial charge is 0.459 e. The van der Waals surface area contributed by atoms with E-state index >= 15 is 0 Å². The molecule has 0 amide bonds. The Morgan fingerprint density at radius 3 is 2.60 bits per heavy atom. The molecule has 2 heteroatoms. The highest BCUT2D eigenvalue weighted by atomic mass is 16.6. The molecule has 2 aliphatic rings. The number of rotatable bonds is 3. The number of fused-ring (bicyclic) bond motifs is 2. The van der Waals surface area contributed by atoms with Crippen LogP contribution in [0.5, 0.6) is 0 Å². The van der Waals surface area contributed by atoms with Gasteiger partial charge in [-0.15, -0.1) is 0 Å². The van der Waals surface area contributed by atoms with Gasteiger partial charge in [0, 0.05) is 0 Å². The fourth-order valence-corrected chi connectivity index (χ4v) is 2.47. The molecule has 0 radical (unpaired) electrons. The SMILES string of the molecule is CCC(C)(C)OC(=O)C1CC2C=CC1C2. The van der Waals surface area contributed by atoms with Gasteiger partial charge < -0.3 is 4.74 Å². The van der Waals surface area contributed by atoms with Crippen LogP contribution in [0.25, 0.3) is 0 Å². The van der Waals surface area contributed by atoms with Gasteiger partial charge >= 0.3 is 5.97 Å². The summed E-state index contributed by atoms with van der Waals surface area (Å²) in [7, 11) is 0. The average Bonchev–Trinajstić information content (AvgIpc) is 2.78. The number of esters is 1. The van der Waals surface area contributed by atoms with Crippen molar-refractivity contribution in [3.05, 3.63) is 12.2 Å². The maximum atomic E-state index is 12.0. The number of hydrogen-bond acceptors (Lipinski definition) is 2. The van der Waals surface area contributed by atoms with Crippen LogP contribution in [0.2, 0.25) is 0 Å².